The molecule has 0 N–H and O–H groups in total. The highest BCUT2D eigenvalue weighted by molar-refractivity contribution is 9.10. The van der Waals surface area contributed by atoms with Crippen LogP contribution in [0.5, 0.6) is 11.5 Å². The Morgan fingerprint density at radius 3 is 1.90 bits per heavy atom. The number of fused-ring (bicyclic) bond motifs is 1. The van der Waals surface area contributed by atoms with E-state index in [1.165, 1.54) is 30.3 Å². The highest BCUT2D eigenvalue weighted by Crippen LogP contribution is 2.38. The second-order valence-corrected chi connectivity index (χ2v) is 7.42. The average molecular weight is 498 g/mol. The minimum Gasteiger partial charge on any atom is -0.451 e. The number of hydrogen-bond donors (Lipinski definition) is 0. The van der Waals surface area contributed by atoms with Crippen LogP contribution in [0.1, 0.15) is 26.3 Å². The molecule has 0 saturated carbocycles. The van der Waals surface area contributed by atoms with Gasteiger partial charge in [0.1, 0.15) is 5.75 Å². The first-order valence-electron chi connectivity index (χ1n) is 8.59. The van der Waals surface area contributed by atoms with E-state index in [-0.39, 0.29) is 34.7 Å². The molecule has 31 heavy (non-hydrogen) atoms. The summed E-state index contributed by atoms with van der Waals surface area (Å²) in [5.74, 6) is -5.59. The van der Waals surface area contributed by atoms with Crippen molar-refractivity contribution in [3.63, 3.8) is 0 Å². The first kappa shape index (κ1) is 21.0. The largest absolute Gasteiger partial charge is 0.451 e. The summed E-state index contributed by atoms with van der Waals surface area (Å²) in [6, 6.07) is 10.2. The second kappa shape index (κ2) is 7.45. The summed E-state index contributed by atoms with van der Waals surface area (Å²) in [6.07, 6.45) is -4.94. The maximum absolute atomic E-state index is 14.1. The minimum atomic E-state index is -4.94. The predicted octanol–water partition coefficient (Wildman–Crippen LogP) is 6.34. The maximum atomic E-state index is 14.1. The number of nitrogens with zero attached hydrogens (tertiary/aromatic N) is 1. The Kier molecular flexibility index (Phi) is 5.04. The Hall–Kier alpha value is -3.27. The van der Waals surface area contributed by atoms with E-state index >= 15 is 0 Å². The number of carbonyl (C=O) groups excluding carboxylic acids is 2. The number of hydrogen-bond acceptors (Lipinski definition) is 3. The number of carbonyl (C=O) groups is 2. The molecule has 0 spiro atoms. The zero-order chi connectivity index (χ0) is 22.5. The topological polar surface area (TPSA) is 46.6 Å². The van der Waals surface area contributed by atoms with Crippen molar-refractivity contribution in [2.75, 3.05) is 4.90 Å². The molecule has 0 radical (unpaired) electrons. The van der Waals surface area contributed by atoms with Gasteiger partial charge in [-0.15, -0.1) is 0 Å². The lowest BCUT2D eigenvalue weighted by atomic mass is 10.1. The van der Waals surface area contributed by atoms with Crippen LogP contribution in [0.2, 0.25) is 0 Å². The monoisotopic (exact) mass is 497 g/mol. The molecule has 0 aromatic heterocycles. The first-order chi connectivity index (χ1) is 14.6. The van der Waals surface area contributed by atoms with Crippen LogP contribution in [0.25, 0.3) is 0 Å². The van der Waals surface area contributed by atoms with Crippen LogP contribution in [0.3, 0.4) is 0 Å². The van der Waals surface area contributed by atoms with Gasteiger partial charge in [0.2, 0.25) is 0 Å². The molecule has 0 fully saturated rings. The molecule has 1 heterocycles. The molecular formula is C21H9BrF5NO3. The molecule has 0 atom stereocenters. The van der Waals surface area contributed by atoms with Gasteiger partial charge in [-0.3, -0.25) is 9.59 Å². The summed E-state index contributed by atoms with van der Waals surface area (Å²) in [5.41, 5.74) is -1.08. The van der Waals surface area contributed by atoms with Crippen molar-refractivity contribution in [1.29, 1.82) is 0 Å². The Bertz CT molecular complexity index is 1180. The standard InChI is InChI=1S/C21H9BrF5NO3/c22-11-7-12(28-19(29)14-3-1-2-4-15(14)20(28)30)9-13(8-11)31-18-16(23)5-10(6-17(18)24)21(25,26)27/h1-9H. The number of anilines is 1. The van der Waals surface area contributed by atoms with Crippen molar-refractivity contribution in [3.05, 3.63) is 87.4 Å². The van der Waals surface area contributed by atoms with Crippen molar-refractivity contribution >= 4 is 33.4 Å². The van der Waals surface area contributed by atoms with E-state index in [0.29, 0.717) is 4.47 Å². The van der Waals surface area contributed by atoms with Gasteiger partial charge >= 0.3 is 6.18 Å². The highest BCUT2D eigenvalue weighted by atomic mass is 79.9. The molecule has 0 bridgehead atoms. The Labute approximate surface area is 180 Å². The van der Waals surface area contributed by atoms with E-state index in [9.17, 15) is 31.5 Å². The fourth-order valence-corrected chi connectivity index (χ4v) is 3.56. The molecule has 2 amide bonds. The normalized spacial score (nSPS) is 13.5. The van der Waals surface area contributed by atoms with Crippen LogP contribution in [0.15, 0.2) is 59.1 Å². The van der Waals surface area contributed by atoms with Crippen molar-refractivity contribution < 1.29 is 36.3 Å². The highest BCUT2D eigenvalue weighted by Gasteiger charge is 2.37. The number of rotatable bonds is 3. The number of imide groups is 1. The minimum absolute atomic E-state index is 0.0447. The van der Waals surface area contributed by atoms with Crippen molar-refractivity contribution in [1.82, 2.24) is 0 Å². The van der Waals surface area contributed by atoms with Gasteiger partial charge in [0, 0.05) is 10.5 Å². The molecule has 3 aromatic carbocycles. The molecule has 10 heteroatoms. The Balaban J connectivity index is 1.71. The van der Waals surface area contributed by atoms with Gasteiger partial charge in [-0.2, -0.15) is 13.2 Å². The SMILES string of the molecule is O=C1c2ccccc2C(=O)N1c1cc(Br)cc(Oc2c(F)cc(C(F)(F)F)cc2F)c1. The van der Waals surface area contributed by atoms with Crippen LogP contribution in [-0.2, 0) is 6.18 Å². The molecule has 3 aromatic rings. The Morgan fingerprint density at radius 2 is 1.39 bits per heavy atom. The third-order valence-electron chi connectivity index (χ3n) is 4.45. The number of alkyl halides is 3. The van der Waals surface area contributed by atoms with Crippen molar-refractivity contribution in [2.45, 2.75) is 6.18 Å². The lowest BCUT2D eigenvalue weighted by molar-refractivity contribution is -0.138. The van der Waals surface area contributed by atoms with E-state index < -0.39 is 40.9 Å². The van der Waals surface area contributed by atoms with Crippen molar-refractivity contribution in [2.24, 2.45) is 0 Å². The summed E-state index contributed by atoms with van der Waals surface area (Å²) >= 11 is 3.16. The fraction of sp³-hybridized carbons (Fsp3) is 0.0476. The smallest absolute Gasteiger partial charge is 0.416 e. The van der Waals surface area contributed by atoms with Gasteiger partial charge in [0.15, 0.2) is 17.4 Å². The number of benzene rings is 3. The van der Waals surface area contributed by atoms with Gasteiger partial charge < -0.3 is 4.74 Å². The number of amides is 2. The van der Waals surface area contributed by atoms with E-state index in [2.05, 4.69) is 15.9 Å². The third kappa shape index (κ3) is 3.78. The lowest BCUT2D eigenvalue weighted by Crippen LogP contribution is -2.29. The van der Waals surface area contributed by atoms with E-state index in [0.717, 1.165) is 4.90 Å². The fourth-order valence-electron chi connectivity index (χ4n) is 3.10. The van der Waals surface area contributed by atoms with Crippen molar-refractivity contribution in [3.8, 4) is 11.5 Å². The van der Waals surface area contributed by atoms with Crippen LogP contribution < -0.4 is 9.64 Å². The van der Waals surface area contributed by atoms with Crippen LogP contribution in [0, 0.1) is 11.6 Å². The Morgan fingerprint density at radius 1 is 0.839 bits per heavy atom. The van der Waals surface area contributed by atoms with Gasteiger partial charge in [0.05, 0.1) is 22.4 Å². The molecule has 4 rings (SSSR count). The summed E-state index contributed by atoms with van der Waals surface area (Å²) in [7, 11) is 0. The van der Waals surface area contributed by atoms with Gasteiger partial charge in [-0.25, -0.2) is 13.7 Å². The molecule has 158 valence electrons. The van der Waals surface area contributed by atoms with Crippen LogP contribution >= 0.6 is 15.9 Å². The summed E-state index contributed by atoms with van der Waals surface area (Å²) < 4.78 is 71.9. The van der Waals surface area contributed by atoms with Crippen LogP contribution in [-0.4, -0.2) is 11.8 Å². The van der Waals surface area contributed by atoms with Crippen LogP contribution in [0.4, 0.5) is 27.6 Å². The van der Waals surface area contributed by atoms with Gasteiger partial charge in [-0.05, 0) is 36.4 Å². The number of ether oxygens (including phenoxy) is 1. The first-order valence-corrected chi connectivity index (χ1v) is 9.38. The molecule has 1 aliphatic heterocycles. The summed E-state index contributed by atoms with van der Waals surface area (Å²) in [4.78, 5) is 26.2. The summed E-state index contributed by atoms with van der Waals surface area (Å²) in [6.45, 7) is 0. The quantitative estimate of drug-likeness (QED) is 0.313. The summed E-state index contributed by atoms with van der Waals surface area (Å²) in [5, 5.41) is 0. The maximum Gasteiger partial charge on any atom is 0.416 e. The van der Waals surface area contributed by atoms with Gasteiger partial charge in [0.25, 0.3) is 11.8 Å². The van der Waals surface area contributed by atoms with E-state index in [4.69, 9.17) is 4.74 Å². The predicted molar refractivity (Wildman–Crippen MR) is 103 cm³/mol. The van der Waals surface area contributed by atoms with Gasteiger partial charge in [-0.1, -0.05) is 28.1 Å². The van der Waals surface area contributed by atoms with E-state index in [1.54, 1.807) is 12.1 Å². The average Bonchev–Trinajstić information content (AvgIpc) is 2.94. The number of halogens is 6. The zero-order valence-corrected chi connectivity index (χ0v) is 16.7. The van der Waals surface area contributed by atoms with E-state index in [1.807, 2.05) is 0 Å². The molecular weight excluding hydrogens is 489 g/mol. The molecule has 4 nitrogen and oxygen atoms in total. The molecule has 0 unspecified atom stereocenters. The molecule has 1 aliphatic rings. The second-order valence-electron chi connectivity index (χ2n) is 6.51. The molecule has 0 saturated heterocycles. The lowest BCUT2D eigenvalue weighted by Gasteiger charge is -2.17. The third-order valence-corrected chi connectivity index (χ3v) is 4.91. The zero-order valence-electron chi connectivity index (χ0n) is 15.1. The molecule has 0 aliphatic carbocycles.